The molecule has 124 valence electrons. The molecule has 0 aliphatic rings. The van der Waals surface area contributed by atoms with E-state index in [9.17, 15) is 9.59 Å². The third-order valence-electron chi connectivity index (χ3n) is 3.64. The van der Waals surface area contributed by atoms with E-state index in [4.69, 9.17) is 4.74 Å². The molecule has 0 bridgehead atoms. The van der Waals surface area contributed by atoms with Gasteiger partial charge in [0, 0.05) is 18.3 Å². The summed E-state index contributed by atoms with van der Waals surface area (Å²) in [5.74, 6) is 0.559. The number of carbonyl (C=O) groups is 1. The third-order valence-corrected chi connectivity index (χ3v) is 4.63. The van der Waals surface area contributed by atoms with Crippen molar-refractivity contribution in [2.45, 2.75) is 13.3 Å². The van der Waals surface area contributed by atoms with Gasteiger partial charge in [0.05, 0.1) is 16.8 Å². The van der Waals surface area contributed by atoms with Crippen LogP contribution >= 0.6 is 11.3 Å². The van der Waals surface area contributed by atoms with Crippen LogP contribution in [0.1, 0.15) is 23.7 Å². The van der Waals surface area contributed by atoms with Crippen LogP contribution in [0.25, 0.3) is 10.2 Å². The molecule has 0 spiro atoms. The number of nitrogens with zero attached hydrogens (tertiary/aromatic N) is 1. The van der Waals surface area contributed by atoms with E-state index in [1.807, 2.05) is 19.1 Å². The second-order valence-corrected chi connectivity index (χ2v) is 6.43. The normalized spacial score (nSPS) is 10.8. The van der Waals surface area contributed by atoms with E-state index >= 15 is 0 Å². The Hall–Kier alpha value is -2.60. The zero-order chi connectivity index (χ0) is 17.1. The molecule has 5 nitrogen and oxygen atoms in total. The van der Waals surface area contributed by atoms with Gasteiger partial charge in [-0.15, -0.1) is 0 Å². The van der Waals surface area contributed by atoms with Crippen LogP contribution in [0.5, 0.6) is 5.75 Å². The van der Waals surface area contributed by atoms with Crippen molar-refractivity contribution in [2.75, 3.05) is 11.9 Å². The van der Waals surface area contributed by atoms with Crippen molar-refractivity contribution in [2.24, 2.45) is 7.05 Å². The van der Waals surface area contributed by atoms with Crippen LogP contribution in [0.3, 0.4) is 0 Å². The van der Waals surface area contributed by atoms with Crippen molar-refractivity contribution in [3.05, 3.63) is 57.7 Å². The molecule has 24 heavy (non-hydrogen) atoms. The fourth-order valence-electron chi connectivity index (χ4n) is 2.34. The smallest absolute Gasteiger partial charge is 0.307 e. The molecule has 0 saturated carbocycles. The summed E-state index contributed by atoms with van der Waals surface area (Å²) in [5, 5.41) is 2.86. The molecule has 1 heterocycles. The quantitative estimate of drug-likeness (QED) is 0.770. The van der Waals surface area contributed by atoms with Crippen molar-refractivity contribution >= 4 is 33.1 Å². The SMILES string of the molecule is CCCOc1ccc(C(=O)Nc2ccc3c(c2)sc(=O)n3C)cc1. The number of rotatable bonds is 5. The van der Waals surface area contributed by atoms with Gasteiger partial charge < -0.3 is 14.6 Å². The summed E-state index contributed by atoms with van der Waals surface area (Å²) in [4.78, 5) is 24.0. The lowest BCUT2D eigenvalue weighted by atomic mass is 10.2. The Bertz CT molecular complexity index is 926. The Morgan fingerprint density at radius 1 is 1.21 bits per heavy atom. The van der Waals surface area contributed by atoms with E-state index in [2.05, 4.69) is 5.32 Å². The molecule has 0 aliphatic carbocycles. The van der Waals surface area contributed by atoms with Crippen LogP contribution in [0.2, 0.25) is 0 Å². The standard InChI is InChI=1S/C18H18N2O3S/c1-3-10-23-14-7-4-12(5-8-14)17(21)19-13-6-9-15-16(11-13)24-18(22)20(15)2/h4-9,11H,3,10H2,1-2H3,(H,19,21). The van der Waals surface area contributed by atoms with Gasteiger partial charge in [0.15, 0.2) is 0 Å². The van der Waals surface area contributed by atoms with Gasteiger partial charge in [-0.2, -0.15) is 0 Å². The lowest BCUT2D eigenvalue weighted by molar-refractivity contribution is 0.102. The zero-order valence-electron chi connectivity index (χ0n) is 13.5. The number of thiazole rings is 1. The molecule has 1 aromatic heterocycles. The third kappa shape index (κ3) is 3.33. The number of benzene rings is 2. The molecule has 0 fully saturated rings. The van der Waals surface area contributed by atoms with Crippen LogP contribution in [0, 0.1) is 0 Å². The molecule has 0 unspecified atom stereocenters. The summed E-state index contributed by atoms with van der Waals surface area (Å²) in [5.41, 5.74) is 2.08. The van der Waals surface area contributed by atoms with E-state index in [1.165, 1.54) is 0 Å². The van der Waals surface area contributed by atoms with Crippen molar-refractivity contribution in [3.63, 3.8) is 0 Å². The molecule has 0 atom stereocenters. The average Bonchev–Trinajstić information content (AvgIpc) is 2.87. The number of ether oxygens (including phenoxy) is 1. The fraction of sp³-hybridized carbons (Fsp3) is 0.222. The Labute approximate surface area is 143 Å². The van der Waals surface area contributed by atoms with Gasteiger partial charge in [-0.3, -0.25) is 9.59 Å². The van der Waals surface area contributed by atoms with Gasteiger partial charge in [0.2, 0.25) is 0 Å². The highest BCUT2D eigenvalue weighted by Gasteiger charge is 2.09. The fourth-order valence-corrected chi connectivity index (χ4v) is 3.26. The lowest BCUT2D eigenvalue weighted by Crippen LogP contribution is -2.11. The van der Waals surface area contributed by atoms with Crippen molar-refractivity contribution in [3.8, 4) is 5.75 Å². The maximum atomic E-state index is 12.3. The first-order valence-corrected chi connectivity index (χ1v) is 8.54. The highest BCUT2D eigenvalue weighted by atomic mass is 32.1. The summed E-state index contributed by atoms with van der Waals surface area (Å²) in [6, 6.07) is 12.5. The van der Waals surface area contributed by atoms with E-state index in [0.29, 0.717) is 17.9 Å². The number of amides is 1. The predicted molar refractivity (Wildman–Crippen MR) is 97.2 cm³/mol. The molecule has 0 aliphatic heterocycles. The Morgan fingerprint density at radius 3 is 2.67 bits per heavy atom. The molecular formula is C18H18N2O3S. The Morgan fingerprint density at radius 2 is 1.96 bits per heavy atom. The zero-order valence-corrected chi connectivity index (χ0v) is 14.4. The van der Waals surface area contributed by atoms with Crippen molar-refractivity contribution in [1.82, 2.24) is 4.57 Å². The minimum absolute atomic E-state index is 0.0175. The summed E-state index contributed by atoms with van der Waals surface area (Å²) >= 11 is 1.16. The van der Waals surface area contributed by atoms with E-state index in [1.54, 1.807) is 41.9 Å². The Kier molecular flexibility index (Phi) is 4.66. The van der Waals surface area contributed by atoms with Crippen LogP contribution in [-0.4, -0.2) is 17.1 Å². The number of fused-ring (bicyclic) bond motifs is 1. The molecule has 0 radical (unpaired) electrons. The van der Waals surface area contributed by atoms with Crippen LogP contribution in [-0.2, 0) is 7.05 Å². The topological polar surface area (TPSA) is 60.3 Å². The van der Waals surface area contributed by atoms with E-state index in [-0.39, 0.29) is 10.8 Å². The number of hydrogen-bond donors (Lipinski definition) is 1. The van der Waals surface area contributed by atoms with E-state index < -0.39 is 0 Å². The summed E-state index contributed by atoms with van der Waals surface area (Å²) in [7, 11) is 1.74. The largest absolute Gasteiger partial charge is 0.494 e. The second kappa shape index (κ2) is 6.88. The second-order valence-electron chi connectivity index (χ2n) is 5.44. The van der Waals surface area contributed by atoms with Gasteiger partial charge >= 0.3 is 4.87 Å². The van der Waals surface area contributed by atoms with Gasteiger partial charge in [-0.25, -0.2) is 0 Å². The molecule has 3 rings (SSSR count). The van der Waals surface area contributed by atoms with E-state index in [0.717, 1.165) is 33.7 Å². The monoisotopic (exact) mass is 342 g/mol. The van der Waals surface area contributed by atoms with Crippen molar-refractivity contribution < 1.29 is 9.53 Å². The first kappa shape index (κ1) is 16.3. The first-order chi connectivity index (χ1) is 11.6. The summed E-state index contributed by atoms with van der Waals surface area (Å²) < 4.78 is 7.96. The lowest BCUT2D eigenvalue weighted by Gasteiger charge is -2.07. The highest BCUT2D eigenvalue weighted by Crippen LogP contribution is 2.22. The average molecular weight is 342 g/mol. The number of hydrogen-bond acceptors (Lipinski definition) is 4. The molecule has 0 saturated heterocycles. The summed E-state index contributed by atoms with van der Waals surface area (Å²) in [6.07, 6.45) is 0.941. The number of aromatic nitrogens is 1. The number of anilines is 1. The van der Waals surface area contributed by atoms with Crippen molar-refractivity contribution in [1.29, 1.82) is 0 Å². The van der Waals surface area contributed by atoms with Gasteiger partial charge in [-0.05, 0) is 48.9 Å². The summed E-state index contributed by atoms with van der Waals surface area (Å²) in [6.45, 7) is 2.70. The maximum absolute atomic E-state index is 12.3. The van der Waals surface area contributed by atoms with Crippen LogP contribution in [0.4, 0.5) is 5.69 Å². The molecular weight excluding hydrogens is 324 g/mol. The minimum Gasteiger partial charge on any atom is -0.494 e. The number of carbonyl (C=O) groups excluding carboxylic acids is 1. The maximum Gasteiger partial charge on any atom is 0.307 e. The molecule has 3 aromatic rings. The van der Waals surface area contributed by atoms with Crippen LogP contribution < -0.4 is 14.9 Å². The molecule has 1 N–H and O–H groups in total. The minimum atomic E-state index is -0.195. The Balaban J connectivity index is 1.75. The number of nitrogens with one attached hydrogen (secondary N) is 1. The van der Waals surface area contributed by atoms with Crippen LogP contribution in [0.15, 0.2) is 47.3 Å². The predicted octanol–water partition coefficient (Wildman–Crippen LogP) is 3.64. The van der Waals surface area contributed by atoms with Gasteiger partial charge in [-0.1, -0.05) is 18.3 Å². The molecule has 2 aromatic carbocycles. The molecule has 6 heteroatoms. The van der Waals surface area contributed by atoms with Gasteiger partial charge in [0.1, 0.15) is 5.75 Å². The first-order valence-electron chi connectivity index (χ1n) is 7.72. The number of aryl methyl sites for hydroxylation is 1. The molecule has 1 amide bonds. The highest BCUT2D eigenvalue weighted by molar-refractivity contribution is 7.16. The van der Waals surface area contributed by atoms with Gasteiger partial charge in [0.25, 0.3) is 5.91 Å².